The number of hydrogen-bond acceptors (Lipinski definition) is 3. The van der Waals surface area contributed by atoms with Gasteiger partial charge in [-0.25, -0.2) is 0 Å². The largest absolute Gasteiger partial charge is 0.377 e. The predicted octanol–water partition coefficient (Wildman–Crippen LogP) is 3.29. The number of nitrogens with one attached hydrogen (secondary N) is 1. The van der Waals surface area contributed by atoms with Gasteiger partial charge in [0.25, 0.3) is 0 Å². The quantitative estimate of drug-likeness (QED) is 0.761. The Bertz CT molecular complexity index is 287. The molecule has 1 saturated heterocycles. The summed E-state index contributed by atoms with van der Waals surface area (Å²) in [6.45, 7) is 13.8. The van der Waals surface area contributed by atoms with Crippen LogP contribution in [0, 0.1) is 11.3 Å². The molecule has 0 aromatic carbocycles. The third-order valence-electron chi connectivity index (χ3n) is 5.36. The zero-order valence-electron chi connectivity index (χ0n) is 14.5. The molecule has 1 heterocycles. The van der Waals surface area contributed by atoms with Crippen molar-refractivity contribution in [3.63, 3.8) is 0 Å². The number of rotatable bonds is 6. The van der Waals surface area contributed by atoms with Crippen LogP contribution < -0.4 is 5.32 Å². The summed E-state index contributed by atoms with van der Waals surface area (Å²) in [6.07, 6.45) is 8.45. The van der Waals surface area contributed by atoms with Crippen LogP contribution in [0.5, 0.6) is 0 Å². The molecule has 0 aromatic rings. The summed E-state index contributed by atoms with van der Waals surface area (Å²) in [5, 5.41) is 3.72. The van der Waals surface area contributed by atoms with Crippen molar-refractivity contribution < 1.29 is 4.74 Å². The van der Waals surface area contributed by atoms with Gasteiger partial charge in [-0.15, -0.1) is 0 Å². The van der Waals surface area contributed by atoms with Crippen LogP contribution in [0.2, 0.25) is 0 Å². The van der Waals surface area contributed by atoms with Gasteiger partial charge in [0.05, 0.1) is 6.10 Å². The van der Waals surface area contributed by atoms with Gasteiger partial charge in [-0.3, -0.25) is 0 Å². The van der Waals surface area contributed by atoms with Crippen LogP contribution >= 0.6 is 0 Å². The lowest BCUT2D eigenvalue weighted by Crippen LogP contribution is -2.47. The molecule has 2 aliphatic rings. The smallest absolute Gasteiger partial charge is 0.0673 e. The lowest BCUT2D eigenvalue weighted by Gasteiger charge is -2.43. The van der Waals surface area contributed by atoms with Gasteiger partial charge in [-0.05, 0) is 50.5 Å². The van der Waals surface area contributed by atoms with E-state index in [4.69, 9.17) is 4.74 Å². The molecule has 1 aliphatic carbocycles. The highest BCUT2D eigenvalue weighted by atomic mass is 16.5. The highest BCUT2D eigenvalue weighted by Gasteiger charge is 2.36. The van der Waals surface area contributed by atoms with Gasteiger partial charge in [0.15, 0.2) is 0 Å². The maximum Gasteiger partial charge on any atom is 0.0673 e. The van der Waals surface area contributed by atoms with Crippen LogP contribution in [0.3, 0.4) is 0 Å². The number of hydrogen-bond donors (Lipinski definition) is 1. The minimum Gasteiger partial charge on any atom is -0.377 e. The Hall–Kier alpha value is -0.120. The van der Waals surface area contributed by atoms with E-state index in [2.05, 4.69) is 31.0 Å². The molecule has 0 amide bonds. The van der Waals surface area contributed by atoms with Crippen molar-refractivity contribution in [1.29, 1.82) is 0 Å². The molecule has 124 valence electrons. The van der Waals surface area contributed by atoms with Gasteiger partial charge >= 0.3 is 0 Å². The number of nitrogens with zero attached hydrogens (tertiary/aromatic N) is 1. The van der Waals surface area contributed by atoms with E-state index >= 15 is 0 Å². The van der Waals surface area contributed by atoms with Crippen LogP contribution in [-0.2, 0) is 4.74 Å². The third kappa shape index (κ3) is 5.54. The lowest BCUT2D eigenvalue weighted by molar-refractivity contribution is 0.0477. The summed E-state index contributed by atoms with van der Waals surface area (Å²) in [6, 6.07) is 0. The SMILES string of the molecule is CCCNCC1(CN2CCCOC(C)C2)CCC(C)CC1. The first-order valence-corrected chi connectivity index (χ1v) is 9.18. The van der Waals surface area contributed by atoms with Crippen LogP contribution in [0.15, 0.2) is 0 Å². The van der Waals surface area contributed by atoms with Crippen LogP contribution in [0.4, 0.5) is 0 Å². The van der Waals surface area contributed by atoms with E-state index in [1.165, 1.54) is 58.2 Å². The predicted molar refractivity (Wildman–Crippen MR) is 89.7 cm³/mol. The molecule has 0 spiro atoms. The summed E-state index contributed by atoms with van der Waals surface area (Å²) in [7, 11) is 0. The zero-order valence-corrected chi connectivity index (χ0v) is 14.5. The molecular formula is C18H36N2O. The van der Waals surface area contributed by atoms with Crippen LogP contribution in [0.25, 0.3) is 0 Å². The monoisotopic (exact) mass is 296 g/mol. The molecule has 1 aliphatic heterocycles. The third-order valence-corrected chi connectivity index (χ3v) is 5.36. The summed E-state index contributed by atoms with van der Waals surface area (Å²) >= 11 is 0. The van der Waals surface area contributed by atoms with Crippen molar-refractivity contribution in [1.82, 2.24) is 10.2 Å². The molecule has 1 unspecified atom stereocenters. The van der Waals surface area contributed by atoms with E-state index in [9.17, 15) is 0 Å². The van der Waals surface area contributed by atoms with E-state index in [0.29, 0.717) is 11.5 Å². The average Bonchev–Trinajstić information content (AvgIpc) is 2.67. The fourth-order valence-electron chi connectivity index (χ4n) is 3.99. The van der Waals surface area contributed by atoms with Crippen LogP contribution in [0.1, 0.15) is 59.3 Å². The molecular weight excluding hydrogens is 260 g/mol. The Morgan fingerprint density at radius 2 is 2.00 bits per heavy atom. The second-order valence-electron chi connectivity index (χ2n) is 7.63. The highest BCUT2D eigenvalue weighted by Crippen LogP contribution is 2.39. The summed E-state index contributed by atoms with van der Waals surface area (Å²) < 4.78 is 5.81. The topological polar surface area (TPSA) is 24.5 Å². The summed E-state index contributed by atoms with van der Waals surface area (Å²) in [5.74, 6) is 0.927. The molecule has 0 radical (unpaired) electrons. The fourth-order valence-corrected chi connectivity index (χ4v) is 3.99. The van der Waals surface area contributed by atoms with E-state index in [0.717, 1.165) is 25.6 Å². The molecule has 1 saturated carbocycles. The molecule has 0 aromatic heterocycles. The fraction of sp³-hybridized carbons (Fsp3) is 1.00. The summed E-state index contributed by atoms with van der Waals surface area (Å²) in [4.78, 5) is 2.68. The van der Waals surface area contributed by atoms with Gasteiger partial charge in [0.2, 0.25) is 0 Å². The van der Waals surface area contributed by atoms with Gasteiger partial charge in [-0.2, -0.15) is 0 Å². The Balaban J connectivity index is 1.93. The molecule has 1 N–H and O–H groups in total. The first-order chi connectivity index (χ1) is 10.1. The zero-order chi connectivity index (χ0) is 15.1. The van der Waals surface area contributed by atoms with E-state index in [1.807, 2.05) is 0 Å². The van der Waals surface area contributed by atoms with Gasteiger partial charge < -0.3 is 15.0 Å². The minimum absolute atomic E-state index is 0.399. The van der Waals surface area contributed by atoms with Gasteiger partial charge in [0, 0.05) is 32.8 Å². The van der Waals surface area contributed by atoms with Crippen molar-refractivity contribution >= 4 is 0 Å². The Labute approximate surface area is 131 Å². The molecule has 21 heavy (non-hydrogen) atoms. The summed E-state index contributed by atoms with van der Waals surface area (Å²) in [5.41, 5.74) is 0.506. The number of ether oxygens (including phenoxy) is 1. The first-order valence-electron chi connectivity index (χ1n) is 9.18. The van der Waals surface area contributed by atoms with Crippen molar-refractivity contribution in [2.45, 2.75) is 65.4 Å². The lowest BCUT2D eigenvalue weighted by atomic mass is 9.70. The first kappa shape index (κ1) is 17.2. The minimum atomic E-state index is 0.399. The van der Waals surface area contributed by atoms with E-state index < -0.39 is 0 Å². The molecule has 3 nitrogen and oxygen atoms in total. The standard InChI is InChI=1S/C18H36N2O/c1-4-10-19-14-18(8-6-16(2)7-9-18)15-20-11-5-12-21-17(3)13-20/h16-17,19H,4-15H2,1-3H3. The van der Waals surface area contributed by atoms with Crippen molar-refractivity contribution in [3.8, 4) is 0 Å². The van der Waals surface area contributed by atoms with E-state index in [-0.39, 0.29) is 0 Å². The van der Waals surface area contributed by atoms with Gasteiger partial charge in [-0.1, -0.05) is 26.7 Å². The Morgan fingerprint density at radius 1 is 1.24 bits per heavy atom. The normalized spacial score (nSPS) is 35.6. The van der Waals surface area contributed by atoms with Gasteiger partial charge in [0.1, 0.15) is 0 Å². The Kier molecular flexibility index (Phi) is 6.97. The molecule has 3 heteroatoms. The second-order valence-corrected chi connectivity index (χ2v) is 7.63. The van der Waals surface area contributed by atoms with Crippen molar-refractivity contribution in [2.24, 2.45) is 11.3 Å². The maximum absolute atomic E-state index is 5.81. The molecule has 0 bridgehead atoms. The second kappa shape index (κ2) is 8.50. The van der Waals surface area contributed by atoms with Crippen molar-refractivity contribution in [3.05, 3.63) is 0 Å². The van der Waals surface area contributed by atoms with E-state index in [1.54, 1.807) is 0 Å². The van der Waals surface area contributed by atoms with Crippen molar-refractivity contribution in [2.75, 3.05) is 39.3 Å². The Morgan fingerprint density at radius 3 is 2.71 bits per heavy atom. The molecule has 1 atom stereocenters. The average molecular weight is 296 g/mol. The molecule has 2 fully saturated rings. The molecule has 2 rings (SSSR count). The maximum atomic E-state index is 5.81. The highest BCUT2D eigenvalue weighted by molar-refractivity contribution is 4.90. The van der Waals surface area contributed by atoms with Crippen LogP contribution in [-0.4, -0.2) is 50.3 Å².